The van der Waals surface area contributed by atoms with E-state index in [1.807, 2.05) is 17.8 Å². The van der Waals surface area contributed by atoms with Gasteiger partial charge in [0, 0.05) is 42.1 Å². The molecule has 1 atom stereocenters. The summed E-state index contributed by atoms with van der Waals surface area (Å²) in [5.74, 6) is 2.23. The summed E-state index contributed by atoms with van der Waals surface area (Å²) >= 11 is 1.94. The smallest absolute Gasteiger partial charge is 0.0422 e. The molecule has 2 rings (SSSR count). The Bertz CT molecular complexity index is 389. The fraction of sp³-hybridized carbons (Fsp3) is 0.500. The summed E-state index contributed by atoms with van der Waals surface area (Å²) in [4.78, 5) is 5.28. The van der Waals surface area contributed by atoms with Gasteiger partial charge in [0.2, 0.25) is 0 Å². The zero-order valence-electron chi connectivity index (χ0n) is 9.70. The average Bonchev–Trinajstić information content (AvgIpc) is 2.39. The quantitative estimate of drug-likeness (QED) is 0.467. The van der Waals surface area contributed by atoms with Crippen molar-refractivity contribution < 1.29 is 0 Å². The molecule has 4 nitrogen and oxygen atoms in total. The summed E-state index contributed by atoms with van der Waals surface area (Å²) in [7, 11) is 0. The van der Waals surface area contributed by atoms with Gasteiger partial charge in [-0.15, -0.1) is 0 Å². The van der Waals surface area contributed by atoms with Crippen molar-refractivity contribution >= 4 is 11.8 Å². The van der Waals surface area contributed by atoms with Gasteiger partial charge in [0.25, 0.3) is 0 Å². The van der Waals surface area contributed by atoms with Crippen molar-refractivity contribution in [1.82, 2.24) is 4.90 Å². The average molecular weight is 248 g/mol. The van der Waals surface area contributed by atoms with Gasteiger partial charge >= 0.3 is 0 Å². The van der Waals surface area contributed by atoms with Crippen LogP contribution in [0.1, 0.15) is 5.56 Å². The minimum absolute atomic E-state index is 0.379. The molecular formula is C12H16N4S. The normalized spacial score (nSPS) is 20.8. The molecule has 90 valence electrons. The zero-order valence-corrected chi connectivity index (χ0v) is 10.5. The van der Waals surface area contributed by atoms with Crippen molar-refractivity contribution in [2.75, 3.05) is 24.6 Å². The van der Waals surface area contributed by atoms with E-state index >= 15 is 0 Å². The van der Waals surface area contributed by atoms with Gasteiger partial charge in [0.1, 0.15) is 0 Å². The SMILES string of the molecule is [N-]=[N+]=NCC1CSCCN1Cc1ccccc1. The Morgan fingerprint density at radius 2 is 2.24 bits per heavy atom. The van der Waals surface area contributed by atoms with E-state index in [0.717, 1.165) is 18.8 Å². The number of rotatable bonds is 4. The third-order valence-electron chi connectivity index (χ3n) is 2.93. The third kappa shape index (κ3) is 3.66. The molecule has 0 aliphatic carbocycles. The van der Waals surface area contributed by atoms with E-state index in [9.17, 15) is 0 Å². The molecule has 0 N–H and O–H groups in total. The van der Waals surface area contributed by atoms with Gasteiger partial charge in [-0.25, -0.2) is 0 Å². The Kier molecular flexibility index (Phi) is 4.74. The topological polar surface area (TPSA) is 52.0 Å². The van der Waals surface area contributed by atoms with Crippen LogP contribution in [0.15, 0.2) is 35.4 Å². The van der Waals surface area contributed by atoms with Crippen molar-refractivity contribution in [2.45, 2.75) is 12.6 Å². The molecule has 1 aliphatic heterocycles. The molecular weight excluding hydrogens is 232 g/mol. The standard InChI is InChI=1S/C12H16N4S/c13-15-14-8-12-10-17-7-6-16(12)9-11-4-2-1-3-5-11/h1-5,12H,6-10H2. The summed E-state index contributed by atoms with van der Waals surface area (Å²) in [6, 6.07) is 10.8. The second-order valence-corrected chi connectivity index (χ2v) is 5.25. The molecule has 1 heterocycles. The Morgan fingerprint density at radius 3 is 3.00 bits per heavy atom. The van der Waals surface area contributed by atoms with Crippen molar-refractivity contribution in [1.29, 1.82) is 0 Å². The Hall–Kier alpha value is -1.16. The van der Waals surface area contributed by atoms with Crippen LogP contribution in [0, 0.1) is 0 Å². The maximum absolute atomic E-state index is 8.41. The molecule has 0 saturated carbocycles. The summed E-state index contributed by atoms with van der Waals surface area (Å²) in [6.45, 7) is 2.61. The van der Waals surface area contributed by atoms with Crippen LogP contribution in [0.2, 0.25) is 0 Å². The lowest BCUT2D eigenvalue weighted by molar-refractivity contribution is 0.215. The fourth-order valence-corrected chi connectivity index (χ4v) is 3.13. The number of azide groups is 1. The van der Waals surface area contributed by atoms with E-state index in [1.54, 1.807) is 0 Å². The van der Waals surface area contributed by atoms with Crippen LogP contribution < -0.4 is 0 Å². The monoisotopic (exact) mass is 248 g/mol. The van der Waals surface area contributed by atoms with Crippen molar-refractivity contribution in [3.8, 4) is 0 Å². The molecule has 0 amide bonds. The second-order valence-electron chi connectivity index (χ2n) is 4.10. The van der Waals surface area contributed by atoms with E-state index in [1.165, 1.54) is 11.3 Å². The molecule has 0 spiro atoms. The van der Waals surface area contributed by atoms with Gasteiger partial charge in [-0.1, -0.05) is 35.4 Å². The van der Waals surface area contributed by atoms with Gasteiger partial charge in [-0.3, -0.25) is 4.90 Å². The lowest BCUT2D eigenvalue weighted by Crippen LogP contribution is -2.43. The van der Waals surface area contributed by atoms with Gasteiger partial charge in [0.15, 0.2) is 0 Å². The number of hydrogen-bond acceptors (Lipinski definition) is 3. The van der Waals surface area contributed by atoms with E-state index in [4.69, 9.17) is 5.53 Å². The zero-order chi connectivity index (χ0) is 11.9. The first-order chi connectivity index (χ1) is 8.40. The van der Waals surface area contributed by atoms with E-state index in [0.29, 0.717) is 12.6 Å². The number of nitrogens with zero attached hydrogens (tertiary/aromatic N) is 4. The lowest BCUT2D eigenvalue weighted by Gasteiger charge is -2.34. The van der Waals surface area contributed by atoms with Crippen LogP contribution in [0.5, 0.6) is 0 Å². The summed E-state index contributed by atoms with van der Waals surface area (Å²) in [5, 5.41) is 3.71. The predicted octanol–water partition coefficient (Wildman–Crippen LogP) is 2.91. The number of benzene rings is 1. The third-order valence-corrected chi connectivity index (χ3v) is 4.03. The molecule has 1 aromatic rings. The van der Waals surface area contributed by atoms with Crippen LogP contribution in [0.4, 0.5) is 0 Å². The molecule has 1 aliphatic rings. The Labute approximate surface area is 106 Å². The van der Waals surface area contributed by atoms with Crippen LogP contribution in [-0.2, 0) is 6.54 Å². The lowest BCUT2D eigenvalue weighted by atomic mass is 10.2. The summed E-state index contributed by atoms with van der Waals surface area (Å²) in [6.07, 6.45) is 0. The predicted molar refractivity (Wildman–Crippen MR) is 72.0 cm³/mol. The van der Waals surface area contributed by atoms with E-state index in [2.05, 4.69) is 39.2 Å². The molecule has 1 aromatic carbocycles. The molecule has 0 aromatic heterocycles. The van der Waals surface area contributed by atoms with E-state index in [-0.39, 0.29) is 0 Å². The van der Waals surface area contributed by atoms with E-state index < -0.39 is 0 Å². The maximum atomic E-state index is 8.41. The van der Waals surface area contributed by atoms with Crippen LogP contribution in [0.3, 0.4) is 0 Å². The number of thioether (sulfide) groups is 1. The maximum Gasteiger partial charge on any atom is 0.0422 e. The largest absolute Gasteiger partial charge is 0.294 e. The molecule has 5 heteroatoms. The van der Waals surface area contributed by atoms with Gasteiger partial charge in [-0.05, 0) is 11.1 Å². The highest BCUT2D eigenvalue weighted by Gasteiger charge is 2.21. The molecule has 1 unspecified atom stereocenters. The van der Waals surface area contributed by atoms with Gasteiger partial charge in [-0.2, -0.15) is 11.8 Å². The fourth-order valence-electron chi connectivity index (χ4n) is 2.01. The Balaban J connectivity index is 1.98. The van der Waals surface area contributed by atoms with Crippen molar-refractivity contribution in [3.05, 3.63) is 46.3 Å². The number of hydrogen-bond donors (Lipinski definition) is 0. The van der Waals surface area contributed by atoms with Gasteiger partial charge in [0.05, 0.1) is 0 Å². The highest BCUT2D eigenvalue weighted by atomic mass is 32.2. The molecule has 17 heavy (non-hydrogen) atoms. The highest BCUT2D eigenvalue weighted by molar-refractivity contribution is 7.99. The van der Waals surface area contributed by atoms with Crippen molar-refractivity contribution in [3.63, 3.8) is 0 Å². The minimum atomic E-state index is 0.379. The van der Waals surface area contributed by atoms with Crippen LogP contribution in [-0.4, -0.2) is 35.5 Å². The molecule has 1 saturated heterocycles. The first-order valence-corrected chi connectivity index (χ1v) is 6.92. The molecule has 0 radical (unpaired) electrons. The summed E-state index contributed by atoms with van der Waals surface area (Å²) in [5.41, 5.74) is 9.73. The Morgan fingerprint density at radius 1 is 1.41 bits per heavy atom. The van der Waals surface area contributed by atoms with Crippen LogP contribution >= 0.6 is 11.8 Å². The second kappa shape index (κ2) is 6.55. The minimum Gasteiger partial charge on any atom is -0.294 e. The van der Waals surface area contributed by atoms with Crippen molar-refractivity contribution in [2.24, 2.45) is 5.11 Å². The first kappa shape index (κ1) is 12.3. The van der Waals surface area contributed by atoms with Gasteiger partial charge < -0.3 is 0 Å². The summed E-state index contributed by atoms with van der Waals surface area (Å²) < 4.78 is 0. The molecule has 0 bridgehead atoms. The molecule has 1 fully saturated rings. The van der Waals surface area contributed by atoms with Crippen LogP contribution in [0.25, 0.3) is 10.4 Å². The first-order valence-electron chi connectivity index (χ1n) is 5.76. The highest BCUT2D eigenvalue weighted by Crippen LogP contribution is 2.19.